The highest BCUT2D eigenvalue weighted by Gasteiger charge is 2.33. The van der Waals surface area contributed by atoms with Crippen LogP contribution in [-0.2, 0) is 15.0 Å². The fourth-order valence-corrected chi connectivity index (χ4v) is 3.75. The van der Waals surface area contributed by atoms with Crippen LogP contribution >= 0.6 is 0 Å². The minimum Gasteiger partial charge on any atom is -0.497 e. The number of carbonyl (C=O) groups excluding carboxylic acids is 1. The molecule has 0 saturated carbocycles. The number of benzene rings is 1. The van der Waals surface area contributed by atoms with E-state index < -0.39 is 10.2 Å². The monoisotopic (exact) mass is 378 g/mol. The lowest BCUT2D eigenvalue weighted by atomic mass is 10.1. The molecule has 1 aromatic carbocycles. The summed E-state index contributed by atoms with van der Waals surface area (Å²) in [5.41, 5.74) is 0.895. The molecule has 0 radical (unpaired) electrons. The number of likely N-dealkylation sites (N-methyl/N-ethyl adjacent to an activating group) is 2. The van der Waals surface area contributed by atoms with E-state index in [2.05, 4.69) is 9.30 Å². The van der Waals surface area contributed by atoms with E-state index >= 15 is 0 Å². The average Bonchev–Trinajstić information content (AvgIpc) is 2.64. The molecule has 0 atom stereocenters. The van der Waals surface area contributed by atoms with Crippen LogP contribution in [0.4, 0.5) is 0 Å². The Morgan fingerprint density at radius 2 is 1.85 bits per heavy atom. The number of hydrogen-bond acceptors (Lipinski definition) is 5. The van der Waals surface area contributed by atoms with Crippen molar-refractivity contribution >= 4 is 21.8 Å². The molecule has 2 heterocycles. The van der Waals surface area contributed by atoms with Gasteiger partial charge in [-0.15, -0.1) is 4.40 Å². The van der Waals surface area contributed by atoms with Crippen molar-refractivity contribution in [3.63, 3.8) is 0 Å². The van der Waals surface area contributed by atoms with Crippen molar-refractivity contribution < 1.29 is 17.9 Å². The molecule has 2 aliphatic heterocycles. The van der Waals surface area contributed by atoms with Gasteiger partial charge in [0.25, 0.3) is 5.91 Å². The van der Waals surface area contributed by atoms with E-state index in [0.717, 1.165) is 17.4 Å². The maximum absolute atomic E-state index is 12.9. The van der Waals surface area contributed by atoms with E-state index in [1.54, 1.807) is 29.2 Å². The first-order chi connectivity index (χ1) is 12.3. The van der Waals surface area contributed by atoms with Crippen LogP contribution in [0.5, 0.6) is 5.75 Å². The van der Waals surface area contributed by atoms with Gasteiger partial charge in [-0.05, 0) is 25.3 Å². The van der Waals surface area contributed by atoms with Crippen LogP contribution < -0.4 is 4.74 Å². The molecule has 0 spiro atoms. The van der Waals surface area contributed by atoms with Crippen LogP contribution in [-0.4, -0.2) is 81.5 Å². The second-order valence-electron chi connectivity index (χ2n) is 6.28. The van der Waals surface area contributed by atoms with Gasteiger partial charge in [0.15, 0.2) is 0 Å². The molecule has 1 aromatic rings. The maximum Gasteiger partial charge on any atom is 0.345 e. The van der Waals surface area contributed by atoms with Gasteiger partial charge in [-0.25, -0.2) is 4.31 Å². The summed E-state index contributed by atoms with van der Waals surface area (Å²) in [5.74, 6) is 0.279. The first-order valence-corrected chi connectivity index (χ1v) is 9.64. The van der Waals surface area contributed by atoms with E-state index in [9.17, 15) is 13.2 Å². The third kappa shape index (κ3) is 3.58. The van der Waals surface area contributed by atoms with Gasteiger partial charge in [-0.3, -0.25) is 4.79 Å². The molecular weight excluding hydrogens is 356 g/mol. The van der Waals surface area contributed by atoms with Gasteiger partial charge in [0, 0.05) is 38.8 Å². The number of carbonyl (C=O) groups is 1. The van der Waals surface area contributed by atoms with Crippen molar-refractivity contribution in [3.8, 4) is 5.75 Å². The van der Waals surface area contributed by atoms with Crippen molar-refractivity contribution in [2.75, 3.05) is 47.4 Å². The summed E-state index contributed by atoms with van der Waals surface area (Å²) in [5, 5.41) is 0. The molecule has 0 bridgehead atoms. The summed E-state index contributed by atoms with van der Waals surface area (Å²) < 4.78 is 34.9. The molecule has 0 aromatic heterocycles. The van der Waals surface area contributed by atoms with Gasteiger partial charge in [0.05, 0.1) is 12.8 Å². The van der Waals surface area contributed by atoms with Gasteiger partial charge in [-0.1, -0.05) is 12.1 Å². The van der Waals surface area contributed by atoms with Crippen LogP contribution in [0.1, 0.15) is 5.56 Å². The summed E-state index contributed by atoms with van der Waals surface area (Å²) in [7, 11) is 0.905. The number of ether oxygens (including phenoxy) is 1. The number of rotatable bonds is 3. The van der Waals surface area contributed by atoms with E-state index in [-0.39, 0.29) is 17.3 Å². The Balaban J connectivity index is 1.97. The second kappa shape index (κ2) is 7.08. The zero-order chi connectivity index (χ0) is 18.9. The summed E-state index contributed by atoms with van der Waals surface area (Å²) in [4.78, 5) is 16.7. The minimum absolute atomic E-state index is 0.0994. The molecule has 0 aliphatic carbocycles. The van der Waals surface area contributed by atoms with Crippen LogP contribution in [0.3, 0.4) is 0 Å². The molecule has 1 amide bonds. The topological polar surface area (TPSA) is 82.5 Å². The fraction of sp³-hybridized carbons (Fsp3) is 0.412. The summed E-state index contributed by atoms with van der Waals surface area (Å²) in [6.45, 7) is 2.64. The molecule has 3 rings (SSSR count). The van der Waals surface area contributed by atoms with Crippen molar-refractivity contribution in [1.82, 2.24) is 14.1 Å². The van der Waals surface area contributed by atoms with Crippen LogP contribution in [0.25, 0.3) is 0 Å². The maximum atomic E-state index is 12.9. The summed E-state index contributed by atoms with van der Waals surface area (Å²) in [6, 6.07) is 6.93. The number of allylic oxidation sites excluding steroid dienone is 1. The number of amides is 1. The van der Waals surface area contributed by atoms with Crippen LogP contribution in [0, 0.1) is 0 Å². The van der Waals surface area contributed by atoms with Crippen LogP contribution in [0.2, 0.25) is 0 Å². The van der Waals surface area contributed by atoms with Gasteiger partial charge in [0.1, 0.15) is 11.4 Å². The largest absolute Gasteiger partial charge is 0.497 e. The van der Waals surface area contributed by atoms with Gasteiger partial charge in [0.2, 0.25) is 0 Å². The SMILES string of the molecule is COc1cccc(C2=NS(=O)(=O)N(C)C(C(=O)N3CCN(C)CC3)=C2)c1. The van der Waals surface area contributed by atoms with Gasteiger partial charge >= 0.3 is 10.2 Å². The Labute approximate surface area is 153 Å². The first kappa shape index (κ1) is 18.4. The van der Waals surface area contributed by atoms with Crippen molar-refractivity contribution in [2.45, 2.75) is 0 Å². The second-order valence-corrected chi connectivity index (χ2v) is 7.90. The zero-order valence-corrected chi connectivity index (χ0v) is 15.9. The lowest BCUT2D eigenvalue weighted by molar-refractivity contribution is -0.129. The molecule has 8 nitrogen and oxygen atoms in total. The normalized spacial score (nSPS) is 20.4. The third-order valence-electron chi connectivity index (χ3n) is 4.55. The Bertz CT molecular complexity index is 871. The number of hydrogen-bond donors (Lipinski definition) is 0. The number of methoxy groups -OCH3 is 1. The van der Waals surface area contributed by atoms with E-state index in [4.69, 9.17) is 4.74 Å². The first-order valence-electron chi connectivity index (χ1n) is 8.24. The van der Waals surface area contributed by atoms with Gasteiger partial charge in [-0.2, -0.15) is 8.42 Å². The van der Waals surface area contributed by atoms with Gasteiger partial charge < -0.3 is 14.5 Å². The van der Waals surface area contributed by atoms with E-state index in [0.29, 0.717) is 24.4 Å². The van der Waals surface area contributed by atoms with Crippen molar-refractivity contribution in [2.24, 2.45) is 4.40 Å². The molecule has 0 N–H and O–H groups in total. The quantitative estimate of drug-likeness (QED) is 0.757. The number of nitrogens with zero attached hydrogens (tertiary/aromatic N) is 4. The minimum atomic E-state index is -3.97. The highest BCUT2D eigenvalue weighted by Crippen LogP contribution is 2.23. The fourth-order valence-electron chi connectivity index (χ4n) is 2.84. The Kier molecular flexibility index (Phi) is 5.01. The predicted octanol–water partition coefficient (Wildman–Crippen LogP) is 0.332. The van der Waals surface area contributed by atoms with E-state index in [1.165, 1.54) is 20.2 Å². The highest BCUT2D eigenvalue weighted by atomic mass is 32.2. The molecule has 26 heavy (non-hydrogen) atoms. The highest BCUT2D eigenvalue weighted by molar-refractivity contribution is 7.88. The summed E-state index contributed by atoms with van der Waals surface area (Å²) >= 11 is 0. The standard InChI is InChI=1S/C17H22N4O4S/c1-19-7-9-21(10-8-19)17(22)16-12-15(18-26(23,24)20(16)2)13-5-4-6-14(11-13)25-3/h4-6,11-12H,7-10H2,1-3H3. The predicted molar refractivity (Wildman–Crippen MR) is 98.4 cm³/mol. The number of piperazine rings is 1. The molecule has 1 saturated heterocycles. The van der Waals surface area contributed by atoms with E-state index in [1.807, 2.05) is 7.05 Å². The Hall–Kier alpha value is -2.39. The average molecular weight is 378 g/mol. The molecular formula is C17H22N4O4S. The van der Waals surface area contributed by atoms with Crippen molar-refractivity contribution in [1.29, 1.82) is 0 Å². The Morgan fingerprint density at radius 1 is 1.15 bits per heavy atom. The molecule has 2 aliphatic rings. The third-order valence-corrected chi connectivity index (χ3v) is 5.86. The zero-order valence-electron chi connectivity index (χ0n) is 15.0. The lowest BCUT2D eigenvalue weighted by Crippen LogP contribution is -2.49. The molecule has 1 fully saturated rings. The summed E-state index contributed by atoms with van der Waals surface area (Å²) in [6.07, 6.45) is 1.52. The molecule has 0 unspecified atom stereocenters. The van der Waals surface area contributed by atoms with Crippen molar-refractivity contribution in [3.05, 3.63) is 41.6 Å². The van der Waals surface area contributed by atoms with Crippen LogP contribution in [0.15, 0.2) is 40.4 Å². The lowest BCUT2D eigenvalue weighted by Gasteiger charge is -2.34. The molecule has 140 valence electrons. The molecule has 9 heteroatoms. The Morgan fingerprint density at radius 3 is 2.50 bits per heavy atom. The smallest absolute Gasteiger partial charge is 0.345 e.